The Bertz CT molecular complexity index is 626. The van der Waals surface area contributed by atoms with Crippen LogP contribution in [0, 0.1) is 0 Å². The molecule has 128 valence electrons. The van der Waals surface area contributed by atoms with Crippen LogP contribution in [0.5, 0.6) is 0 Å². The Hall–Kier alpha value is -2.60. The summed E-state index contributed by atoms with van der Waals surface area (Å²) in [6.07, 6.45) is 2.13. The minimum absolute atomic E-state index is 0.0227. The summed E-state index contributed by atoms with van der Waals surface area (Å²) in [7, 11) is 0. The molecule has 6 nitrogen and oxygen atoms in total. The predicted molar refractivity (Wildman–Crippen MR) is 89.5 cm³/mol. The van der Waals surface area contributed by atoms with E-state index in [0.717, 1.165) is 5.56 Å². The molecule has 0 radical (unpaired) electrons. The summed E-state index contributed by atoms with van der Waals surface area (Å²) in [6, 6.07) is 13.1. The monoisotopic (exact) mass is 330 g/mol. The number of carbonyl (C=O) groups excluding carboxylic acids is 2. The van der Waals surface area contributed by atoms with Crippen LogP contribution in [0.4, 0.5) is 0 Å². The van der Waals surface area contributed by atoms with E-state index in [-0.39, 0.29) is 24.3 Å². The average molecular weight is 330 g/mol. The molecule has 2 N–H and O–H groups in total. The highest BCUT2D eigenvalue weighted by atomic mass is 16.5. The quantitative estimate of drug-likeness (QED) is 0.691. The lowest BCUT2D eigenvalue weighted by Crippen LogP contribution is -2.37. The average Bonchev–Trinajstić information content (AvgIpc) is 3.14. The molecule has 24 heavy (non-hydrogen) atoms. The number of hydrogen-bond donors (Lipinski definition) is 2. The van der Waals surface area contributed by atoms with Gasteiger partial charge in [-0.1, -0.05) is 30.3 Å². The van der Waals surface area contributed by atoms with E-state index in [0.29, 0.717) is 19.6 Å². The molecule has 0 aliphatic heterocycles. The van der Waals surface area contributed by atoms with Crippen molar-refractivity contribution < 1.29 is 18.7 Å². The van der Waals surface area contributed by atoms with Gasteiger partial charge in [-0.2, -0.15) is 0 Å². The van der Waals surface area contributed by atoms with Crippen molar-refractivity contribution in [2.24, 2.45) is 0 Å². The van der Waals surface area contributed by atoms with Crippen molar-refractivity contribution in [3.63, 3.8) is 0 Å². The van der Waals surface area contributed by atoms with Crippen molar-refractivity contribution in [3.8, 4) is 0 Å². The van der Waals surface area contributed by atoms with Gasteiger partial charge >= 0.3 is 0 Å². The molecule has 1 atom stereocenters. The second kappa shape index (κ2) is 9.52. The van der Waals surface area contributed by atoms with Crippen LogP contribution in [0.1, 0.15) is 35.6 Å². The lowest BCUT2D eigenvalue weighted by molar-refractivity contribution is -0.120. The molecule has 1 aromatic heterocycles. The maximum atomic E-state index is 11.6. The second-order valence-electron chi connectivity index (χ2n) is 5.29. The highest BCUT2D eigenvalue weighted by Gasteiger charge is 2.10. The second-order valence-corrected chi connectivity index (χ2v) is 5.29. The van der Waals surface area contributed by atoms with Gasteiger partial charge < -0.3 is 19.8 Å². The van der Waals surface area contributed by atoms with Crippen LogP contribution in [0.15, 0.2) is 53.1 Å². The Morgan fingerprint density at radius 1 is 1.12 bits per heavy atom. The number of carbonyl (C=O) groups is 2. The number of ether oxygens (including phenoxy) is 1. The Morgan fingerprint density at radius 3 is 2.62 bits per heavy atom. The standard InChI is InChI=1S/C18H22N2O4/c1-14(15-7-3-2-4-8-15)23-12-6-10-19-17(21)13-20-18(22)16-9-5-11-24-16/h2-5,7-9,11,14H,6,10,12-13H2,1H3,(H,19,21)(H,20,22). The minimum atomic E-state index is -0.407. The lowest BCUT2D eigenvalue weighted by atomic mass is 10.1. The summed E-state index contributed by atoms with van der Waals surface area (Å²) in [5, 5.41) is 5.22. The van der Waals surface area contributed by atoms with Gasteiger partial charge in [0, 0.05) is 13.2 Å². The Kier molecular flexibility index (Phi) is 7.04. The van der Waals surface area contributed by atoms with Crippen LogP contribution < -0.4 is 10.6 Å². The zero-order valence-corrected chi connectivity index (χ0v) is 13.7. The van der Waals surface area contributed by atoms with Crippen molar-refractivity contribution in [1.29, 1.82) is 0 Å². The number of benzene rings is 1. The van der Waals surface area contributed by atoms with Crippen LogP contribution in [0.2, 0.25) is 0 Å². The molecular weight excluding hydrogens is 308 g/mol. The van der Waals surface area contributed by atoms with Crippen molar-refractivity contribution in [1.82, 2.24) is 10.6 Å². The minimum Gasteiger partial charge on any atom is -0.459 e. The fourth-order valence-electron chi connectivity index (χ4n) is 2.10. The first-order valence-electron chi connectivity index (χ1n) is 7.92. The number of rotatable bonds is 9. The normalized spacial score (nSPS) is 11.7. The van der Waals surface area contributed by atoms with E-state index in [1.807, 2.05) is 37.3 Å². The summed E-state index contributed by atoms with van der Waals surface area (Å²) in [6.45, 7) is 2.96. The van der Waals surface area contributed by atoms with Gasteiger partial charge in [0.15, 0.2) is 5.76 Å². The largest absolute Gasteiger partial charge is 0.459 e. The topological polar surface area (TPSA) is 80.6 Å². The molecule has 0 saturated heterocycles. The van der Waals surface area contributed by atoms with Crippen LogP contribution >= 0.6 is 0 Å². The van der Waals surface area contributed by atoms with Crippen molar-refractivity contribution in [2.45, 2.75) is 19.4 Å². The third-order valence-corrected chi connectivity index (χ3v) is 3.43. The summed E-state index contributed by atoms with van der Waals surface area (Å²) in [5.74, 6) is -0.465. The van der Waals surface area contributed by atoms with Crippen LogP contribution in [-0.4, -0.2) is 31.5 Å². The first-order chi connectivity index (χ1) is 11.7. The fourth-order valence-corrected chi connectivity index (χ4v) is 2.10. The van der Waals surface area contributed by atoms with Gasteiger partial charge in [0.1, 0.15) is 0 Å². The highest BCUT2D eigenvalue weighted by Crippen LogP contribution is 2.15. The van der Waals surface area contributed by atoms with Gasteiger partial charge in [-0.25, -0.2) is 0 Å². The summed E-state index contributed by atoms with van der Waals surface area (Å²) in [4.78, 5) is 23.2. The molecule has 0 bridgehead atoms. The molecule has 0 aliphatic carbocycles. The van der Waals surface area contributed by atoms with E-state index in [4.69, 9.17) is 9.15 Å². The predicted octanol–water partition coefficient (Wildman–Crippen LogP) is 2.29. The van der Waals surface area contributed by atoms with Gasteiger partial charge in [0.05, 0.1) is 18.9 Å². The van der Waals surface area contributed by atoms with Crippen LogP contribution in [0.25, 0.3) is 0 Å². The van der Waals surface area contributed by atoms with E-state index in [1.165, 1.54) is 6.26 Å². The highest BCUT2D eigenvalue weighted by molar-refractivity contribution is 5.94. The number of furan rings is 1. The number of amides is 2. The van der Waals surface area contributed by atoms with Gasteiger partial charge in [0.25, 0.3) is 5.91 Å². The number of nitrogens with one attached hydrogen (secondary N) is 2. The fraction of sp³-hybridized carbons (Fsp3) is 0.333. The summed E-state index contributed by atoms with van der Waals surface area (Å²) >= 11 is 0. The van der Waals surface area contributed by atoms with E-state index in [9.17, 15) is 9.59 Å². The third kappa shape index (κ3) is 5.89. The molecule has 1 heterocycles. The van der Waals surface area contributed by atoms with Crippen molar-refractivity contribution >= 4 is 11.8 Å². The van der Waals surface area contributed by atoms with E-state index in [2.05, 4.69) is 10.6 Å². The zero-order valence-electron chi connectivity index (χ0n) is 13.7. The molecule has 6 heteroatoms. The molecule has 0 aliphatic rings. The smallest absolute Gasteiger partial charge is 0.287 e. The molecule has 1 aromatic carbocycles. The maximum absolute atomic E-state index is 11.6. The van der Waals surface area contributed by atoms with Gasteiger partial charge in [0.2, 0.25) is 5.91 Å². The number of hydrogen-bond acceptors (Lipinski definition) is 4. The molecule has 1 unspecified atom stereocenters. The molecule has 2 rings (SSSR count). The Morgan fingerprint density at radius 2 is 1.92 bits per heavy atom. The van der Waals surface area contributed by atoms with Crippen LogP contribution in [0.3, 0.4) is 0 Å². The van der Waals surface area contributed by atoms with E-state index in [1.54, 1.807) is 12.1 Å². The summed E-state index contributed by atoms with van der Waals surface area (Å²) < 4.78 is 10.7. The van der Waals surface area contributed by atoms with Gasteiger partial charge in [-0.15, -0.1) is 0 Å². The molecule has 2 amide bonds. The van der Waals surface area contributed by atoms with Crippen molar-refractivity contribution in [2.75, 3.05) is 19.7 Å². The van der Waals surface area contributed by atoms with Crippen molar-refractivity contribution in [3.05, 3.63) is 60.1 Å². The molecular formula is C18H22N2O4. The molecule has 2 aromatic rings. The Balaban J connectivity index is 1.54. The molecule has 0 fully saturated rings. The SMILES string of the molecule is CC(OCCCNC(=O)CNC(=O)c1ccco1)c1ccccc1. The van der Waals surface area contributed by atoms with Gasteiger partial charge in [-0.3, -0.25) is 9.59 Å². The first kappa shape index (κ1) is 17.7. The van der Waals surface area contributed by atoms with E-state index >= 15 is 0 Å². The maximum Gasteiger partial charge on any atom is 0.287 e. The van der Waals surface area contributed by atoms with Crippen LogP contribution in [-0.2, 0) is 9.53 Å². The van der Waals surface area contributed by atoms with Gasteiger partial charge in [-0.05, 0) is 31.0 Å². The molecule has 0 saturated carbocycles. The zero-order chi connectivity index (χ0) is 17.2. The Labute approximate surface area is 141 Å². The summed E-state index contributed by atoms with van der Waals surface area (Å²) in [5.41, 5.74) is 1.13. The third-order valence-electron chi connectivity index (χ3n) is 3.43. The molecule has 0 spiro atoms. The lowest BCUT2D eigenvalue weighted by Gasteiger charge is -2.13. The van der Waals surface area contributed by atoms with E-state index < -0.39 is 5.91 Å². The first-order valence-corrected chi connectivity index (χ1v) is 7.92.